The number of nitrogens with zero attached hydrogens (tertiary/aromatic N) is 3. The van der Waals surface area contributed by atoms with Crippen LogP contribution in [0.15, 0.2) is 18.5 Å². The average molecular weight is 286 g/mol. The summed E-state index contributed by atoms with van der Waals surface area (Å²) in [7, 11) is 0. The van der Waals surface area contributed by atoms with Crippen LogP contribution in [0.25, 0.3) is 0 Å². The minimum absolute atomic E-state index is 0.0830. The first-order valence-corrected chi connectivity index (χ1v) is 5.87. The first-order valence-electron chi connectivity index (χ1n) is 5.11. The van der Waals surface area contributed by atoms with Crippen LogP contribution >= 0.6 is 23.2 Å². The fourth-order valence-electron chi connectivity index (χ4n) is 1.32. The maximum atomic E-state index is 11.8. The predicted molar refractivity (Wildman–Crippen MR) is 66.7 cm³/mol. The van der Waals surface area contributed by atoms with Gasteiger partial charge in [-0.15, -0.1) is 0 Å². The van der Waals surface area contributed by atoms with Crippen molar-refractivity contribution in [3.8, 4) is 0 Å². The Labute approximate surface area is 113 Å². The van der Waals surface area contributed by atoms with Crippen LogP contribution in [-0.4, -0.2) is 32.6 Å². The molecule has 0 unspecified atom stereocenters. The van der Waals surface area contributed by atoms with Crippen molar-refractivity contribution in [2.45, 2.75) is 6.42 Å². The molecule has 18 heavy (non-hydrogen) atoms. The van der Waals surface area contributed by atoms with Gasteiger partial charge in [-0.05, 0) is 12.1 Å². The van der Waals surface area contributed by atoms with Gasteiger partial charge >= 0.3 is 0 Å². The van der Waals surface area contributed by atoms with Crippen LogP contribution < -0.4 is 5.32 Å². The summed E-state index contributed by atoms with van der Waals surface area (Å²) in [4.78, 5) is 19.5. The van der Waals surface area contributed by atoms with Crippen LogP contribution in [0.4, 0.5) is 0 Å². The fourth-order valence-corrected chi connectivity index (χ4v) is 1.75. The van der Waals surface area contributed by atoms with E-state index in [1.165, 1.54) is 18.5 Å². The number of hydrogen-bond acceptors (Lipinski definition) is 4. The summed E-state index contributed by atoms with van der Waals surface area (Å²) in [5.41, 5.74) is 0.290. The second-order valence-electron chi connectivity index (χ2n) is 3.41. The lowest BCUT2D eigenvalue weighted by Crippen LogP contribution is -2.26. The van der Waals surface area contributed by atoms with Crippen molar-refractivity contribution in [1.29, 1.82) is 0 Å². The monoisotopic (exact) mass is 285 g/mol. The molecular formula is C10H9Cl2N5O. The van der Waals surface area contributed by atoms with Gasteiger partial charge in [-0.1, -0.05) is 23.2 Å². The second-order valence-corrected chi connectivity index (χ2v) is 4.16. The Morgan fingerprint density at radius 1 is 1.39 bits per heavy atom. The average Bonchev–Trinajstić information content (AvgIpc) is 2.81. The number of aromatic amines is 1. The fraction of sp³-hybridized carbons (Fsp3) is 0.200. The summed E-state index contributed by atoms with van der Waals surface area (Å²) < 4.78 is 0. The molecule has 0 radical (unpaired) electrons. The van der Waals surface area contributed by atoms with Crippen LogP contribution in [0.3, 0.4) is 0 Å². The van der Waals surface area contributed by atoms with Crippen molar-refractivity contribution in [3.05, 3.63) is 40.2 Å². The van der Waals surface area contributed by atoms with E-state index in [0.717, 1.165) is 0 Å². The van der Waals surface area contributed by atoms with Gasteiger partial charge in [0.05, 0.1) is 5.56 Å². The molecule has 0 aliphatic carbocycles. The minimum atomic E-state index is -0.302. The number of nitrogens with one attached hydrogen (secondary N) is 2. The Bertz CT molecular complexity index is 543. The number of hydrogen-bond donors (Lipinski definition) is 2. The van der Waals surface area contributed by atoms with E-state index < -0.39 is 0 Å². The molecule has 0 atom stereocenters. The Morgan fingerprint density at radius 3 is 2.89 bits per heavy atom. The zero-order valence-corrected chi connectivity index (χ0v) is 10.7. The highest BCUT2D eigenvalue weighted by Crippen LogP contribution is 2.16. The Balaban J connectivity index is 1.91. The molecule has 0 aromatic carbocycles. The molecule has 0 spiro atoms. The van der Waals surface area contributed by atoms with Gasteiger partial charge in [-0.3, -0.25) is 9.89 Å². The van der Waals surface area contributed by atoms with E-state index in [1.54, 1.807) is 0 Å². The van der Waals surface area contributed by atoms with E-state index in [-0.39, 0.29) is 16.2 Å². The highest BCUT2D eigenvalue weighted by Gasteiger charge is 2.11. The first-order chi connectivity index (χ1) is 8.66. The van der Waals surface area contributed by atoms with E-state index in [4.69, 9.17) is 23.2 Å². The molecule has 2 heterocycles. The van der Waals surface area contributed by atoms with E-state index in [0.29, 0.717) is 24.4 Å². The normalized spacial score (nSPS) is 10.3. The third-order valence-corrected chi connectivity index (χ3v) is 2.67. The minimum Gasteiger partial charge on any atom is -0.351 e. The van der Waals surface area contributed by atoms with Crippen LogP contribution in [0, 0.1) is 0 Å². The number of aromatic nitrogens is 4. The van der Waals surface area contributed by atoms with Gasteiger partial charge < -0.3 is 5.32 Å². The largest absolute Gasteiger partial charge is 0.351 e. The quantitative estimate of drug-likeness (QED) is 0.834. The number of carbonyl (C=O) groups is 1. The van der Waals surface area contributed by atoms with E-state index in [9.17, 15) is 4.79 Å². The Kier molecular flexibility index (Phi) is 4.11. The van der Waals surface area contributed by atoms with Gasteiger partial charge in [0.1, 0.15) is 22.5 Å². The van der Waals surface area contributed by atoms with Crippen molar-refractivity contribution in [2.24, 2.45) is 0 Å². The molecule has 1 amide bonds. The highest BCUT2D eigenvalue weighted by atomic mass is 35.5. The topological polar surface area (TPSA) is 83.6 Å². The summed E-state index contributed by atoms with van der Waals surface area (Å²) in [6, 6.07) is 3.04. The molecule has 0 aliphatic heterocycles. The van der Waals surface area contributed by atoms with Crippen LogP contribution in [0.5, 0.6) is 0 Å². The molecule has 2 N–H and O–H groups in total. The van der Waals surface area contributed by atoms with Crippen LogP contribution in [0.1, 0.15) is 16.2 Å². The van der Waals surface area contributed by atoms with Crippen molar-refractivity contribution >= 4 is 29.1 Å². The second kappa shape index (κ2) is 5.79. The smallest absolute Gasteiger partial charge is 0.254 e. The molecule has 0 aliphatic rings. The van der Waals surface area contributed by atoms with Crippen LogP contribution in [-0.2, 0) is 6.42 Å². The van der Waals surface area contributed by atoms with Crippen molar-refractivity contribution < 1.29 is 4.79 Å². The third kappa shape index (κ3) is 3.18. The molecule has 0 fully saturated rings. The van der Waals surface area contributed by atoms with Gasteiger partial charge in [-0.25, -0.2) is 9.97 Å². The summed E-state index contributed by atoms with van der Waals surface area (Å²) >= 11 is 11.5. The lowest BCUT2D eigenvalue weighted by molar-refractivity contribution is 0.0954. The van der Waals surface area contributed by atoms with Gasteiger partial charge in [0, 0.05) is 13.0 Å². The zero-order valence-electron chi connectivity index (χ0n) is 9.15. The molecule has 0 saturated carbocycles. The molecular weight excluding hydrogens is 277 g/mol. The first kappa shape index (κ1) is 12.8. The molecule has 2 rings (SSSR count). The molecule has 0 saturated heterocycles. The van der Waals surface area contributed by atoms with E-state index in [1.807, 2.05) is 0 Å². The molecule has 8 heteroatoms. The van der Waals surface area contributed by atoms with Crippen molar-refractivity contribution in [1.82, 2.24) is 25.5 Å². The molecule has 2 aromatic rings. The summed E-state index contributed by atoms with van der Waals surface area (Å²) in [5.74, 6) is 0.402. The van der Waals surface area contributed by atoms with Crippen LogP contribution in [0.2, 0.25) is 10.3 Å². The standard InChI is InChI=1S/C10H9Cl2N5O/c11-7-2-1-6(9(12)16-7)10(18)13-4-3-8-14-5-15-17-8/h1-2,5H,3-4H2,(H,13,18)(H,14,15,17). The lowest BCUT2D eigenvalue weighted by atomic mass is 10.2. The molecule has 2 aromatic heterocycles. The number of rotatable bonds is 4. The number of H-pyrrole nitrogens is 1. The molecule has 6 nitrogen and oxygen atoms in total. The zero-order chi connectivity index (χ0) is 13.0. The van der Waals surface area contributed by atoms with Crippen molar-refractivity contribution in [2.75, 3.05) is 6.54 Å². The van der Waals surface area contributed by atoms with E-state index >= 15 is 0 Å². The third-order valence-electron chi connectivity index (χ3n) is 2.17. The predicted octanol–water partition coefficient (Wildman–Crippen LogP) is 1.48. The Morgan fingerprint density at radius 2 is 2.22 bits per heavy atom. The summed E-state index contributed by atoms with van der Waals surface area (Å²) in [5, 5.41) is 9.44. The maximum Gasteiger partial charge on any atom is 0.254 e. The molecule has 0 bridgehead atoms. The van der Waals surface area contributed by atoms with Gasteiger partial charge in [0.15, 0.2) is 0 Å². The van der Waals surface area contributed by atoms with Gasteiger partial charge in [0.2, 0.25) is 0 Å². The number of amides is 1. The molecule has 94 valence electrons. The van der Waals surface area contributed by atoms with Crippen molar-refractivity contribution in [3.63, 3.8) is 0 Å². The van der Waals surface area contributed by atoms with Gasteiger partial charge in [-0.2, -0.15) is 5.10 Å². The Hall–Kier alpha value is -1.66. The number of pyridine rings is 1. The highest BCUT2D eigenvalue weighted by molar-refractivity contribution is 6.34. The summed E-state index contributed by atoms with van der Waals surface area (Å²) in [6.45, 7) is 0.424. The van der Waals surface area contributed by atoms with Gasteiger partial charge in [0.25, 0.3) is 5.91 Å². The maximum absolute atomic E-state index is 11.8. The summed E-state index contributed by atoms with van der Waals surface area (Å²) in [6.07, 6.45) is 1.97. The number of halogens is 2. The lowest BCUT2D eigenvalue weighted by Gasteiger charge is -2.05. The van der Waals surface area contributed by atoms with E-state index in [2.05, 4.69) is 25.5 Å². The SMILES string of the molecule is O=C(NCCc1ncn[nH]1)c1ccc(Cl)nc1Cl. The number of carbonyl (C=O) groups excluding carboxylic acids is 1.